The molecular formula is C24H24N6O. The van der Waals surface area contributed by atoms with Crippen molar-refractivity contribution in [3.8, 4) is 11.7 Å². The van der Waals surface area contributed by atoms with Crippen molar-refractivity contribution in [1.82, 2.24) is 29.5 Å². The van der Waals surface area contributed by atoms with Crippen LogP contribution in [0.5, 0.6) is 5.75 Å². The van der Waals surface area contributed by atoms with Gasteiger partial charge in [0.25, 0.3) is 5.95 Å². The minimum absolute atomic E-state index is 0.492. The Labute approximate surface area is 180 Å². The first-order chi connectivity index (χ1) is 15.1. The molecule has 2 aromatic carbocycles. The van der Waals surface area contributed by atoms with Crippen LogP contribution in [0.3, 0.4) is 0 Å². The lowest BCUT2D eigenvalue weighted by molar-refractivity contribution is 0.414. The van der Waals surface area contributed by atoms with Gasteiger partial charge in [-0.2, -0.15) is 10.1 Å². The highest BCUT2D eigenvalue weighted by Crippen LogP contribution is 2.27. The number of aryl methyl sites for hydroxylation is 2. The summed E-state index contributed by atoms with van der Waals surface area (Å²) < 4.78 is 9.24. The van der Waals surface area contributed by atoms with E-state index in [1.54, 1.807) is 11.8 Å². The molecule has 5 rings (SSSR count). The maximum Gasteiger partial charge on any atom is 0.272 e. The van der Waals surface area contributed by atoms with Crippen LogP contribution in [0.2, 0.25) is 0 Å². The third kappa shape index (κ3) is 3.13. The van der Waals surface area contributed by atoms with Crippen LogP contribution in [-0.2, 0) is 13.0 Å². The predicted octanol–water partition coefficient (Wildman–Crippen LogP) is 4.40. The molecule has 0 saturated carbocycles. The Hall–Kier alpha value is -3.74. The van der Waals surface area contributed by atoms with Crippen LogP contribution >= 0.6 is 0 Å². The summed E-state index contributed by atoms with van der Waals surface area (Å²) in [5.41, 5.74) is 7.13. The van der Waals surface area contributed by atoms with Gasteiger partial charge in [-0.1, -0.05) is 30.3 Å². The highest BCUT2D eigenvalue weighted by molar-refractivity contribution is 6.04. The third-order valence-corrected chi connectivity index (χ3v) is 5.85. The SMILES string of the molecule is CCn1c2ccccc2c2nnc(-n3nc(C)c(Cc4ccc(OC)cc4)c3C)nc21. The van der Waals surface area contributed by atoms with Gasteiger partial charge in [0.1, 0.15) is 11.3 Å². The van der Waals surface area contributed by atoms with Gasteiger partial charge in [-0.15, -0.1) is 10.2 Å². The Morgan fingerprint density at radius 2 is 1.74 bits per heavy atom. The van der Waals surface area contributed by atoms with Crippen molar-refractivity contribution in [2.75, 3.05) is 7.11 Å². The monoisotopic (exact) mass is 412 g/mol. The first-order valence-electron chi connectivity index (χ1n) is 10.4. The molecule has 0 unspecified atom stereocenters. The van der Waals surface area contributed by atoms with Gasteiger partial charge in [0.2, 0.25) is 0 Å². The number of para-hydroxylation sites is 1. The molecule has 0 bridgehead atoms. The van der Waals surface area contributed by atoms with Gasteiger partial charge >= 0.3 is 0 Å². The summed E-state index contributed by atoms with van der Waals surface area (Å²) in [4.78, 5) is 4.87. The smallest absolute Gasteiger partial charge is 0.272 e. The summed E-state index contributed by atoms with van der Waals surface area (Å²) in [7, 11) is 1.68. The molecule has 7 heteroatoms. The fourth-order valence-electron chi connectivity index (χ4n) is 4.18. The fraction of sp³-hybridized carbons (Fsp3) is 0.250. The Morgan fingerprint density at radius 1 is 0.968 bits per heavy atom. The molecule has 0 atom stereocenters. The lowest BCUT2D eigenvalue weighted by Gasteiger charge is -2.06. The molecule has 0 fully saturated rings. The second-order valence-corrected chi connectivity index (χ2v) is 7.63. The van der Waals surface area contributed by atoms with Crippen LogP contribution in [0.4, 0.5) is 0 Å². The fourth-order valence-corrected chi connectivity index (χ4v) is 4.18. The number of benzene rings is 2. The molecule has 0 amide bonds. The molecule has 0 aliphatic heterocycles. The van der Waals surface area contributed by atoms with E-state index in [1.165, 1.54) is 11.1 Å². The molecule has 31 heavy (non-hydrogen) atoms. The Morgan fingerprint density at radius 3 is 2.48 bits per heavy atom. The highest BCUT2D eigenvalue weighted by atomic mass is 16.5. The van der Waals surface area contributed by atoms with E-state index in [4.69, 9.17) is 14.8 Å². The summed E-state index contributed by atoms with van der Waals surface area (Å²) in [6.07, 6.45) is 0.784. The van der Waals surface area contributed by atoms with Crippen LogP contribution < -0.4 is 4.74 Å². The van der Waals surface area contributed by atoms with Crippen molar-refractivity contribution >= 4 is 22.1 Å². The van der Waals surface area contributed by atoms with Crippen molar-refractivity contribution in [3.63, 3.8) is 0 Å². The van der Waals surface area contributed by atoms with Crippen LogP contribution in [0, 0.1) is 13.8 Å². The van der Waals surface area contributed by atoms with Crippen molar-refractivity contribution in [2.24, 2.45) is 0 Å². The van der Waals surface area contributed by atoms with E-state index >= 15 is 0 Å². The van der Waals surface area contributed by atoms with E-state index in [1.807, 2.05) is 31.2 Å². The largest absolute Gasteiger partial charge is 0.497 e. The normalized spacial score (nSPS) is 11.5. The molecule has 3 aromatic heterocycles. The number of hydrogen-bond donors (Lipinski definition) is 0. The molecule has 5 aromatic rings. The van der Waals surface area contributed by atoms with Gasteiger partial charge < -0.3 is 9.30 Å². The van der Waals surface area contributed by atoms with E-state index in [-0.39, 0.29) is 0 Å². The van der Waals surface area contributed by atoms with Gasteiger partial charge in [-0.3, -0.25) is 0 Å². The summed E-state index contributed by atoms with van der Waals surface area (Å²) in [5.74, 6) is 1.35. The van der Waals surface area contributed by atoms with E-state index in [9.17, 15) is 0 Å². The minimum atomic E-state index is 0.492. The molecule has 0 saturated heterocycles. The summed E-state index contributed by atoms with van der Waals surface area (Å²) in [6, 6.07) is 16.3. The number of rotatable bonds is 5. The van der Waals surface area contributed by atoms with E-state index in [0.717, 1.165) is 52.2 Å². The lowest BCUT2D eigenvalue weighted by atomic mass is 10.0. The maximum atomic E-state index is 5.26. The molecule has 7 nitrogen and oxygen atoms in total. The van der Waals surface area contributed by atoms with Crippen molar-refractivity contribution in [2.45, 2.75) is 33.7 Å². The van der Waals surface area contributed by atoms with Crippen molar-refractivity contribution < 1.29 is 4.74 Å². The van der Waals surface area contributed by atoms with Crippen molar-refractivity contribution in [3.05, 3.63) is 71.0 Å². The molecule has 0 aliphatic carbocycles. The zero-order valence-electron chi connectivity index (χ0n) is 18.1. The number of methoxy groups -OCH3 is 1. The average molecular weight is 412 g/mol. The van der Waals surface area contributed by atoms with Crippen LogP contribution in [0.25, 0.3) is 28.0 Å². The van der Waals surface area contributed by atoms with Gasteiger partial charge in [-0.25, -0.2) is 4.68 Å². The Kier molecular flexibility index (Phi) is 4.66. The molecule has 156 valence electrons. The van der Waals surface area contributed by atoms with Crippen LogP contribution in [0.15, 0.2) is 48.5 Å². The standard InChI is InChI=1S/C24H24N6O/c1-5-29-21-9-7-6-8-19(21)22-23(29)25-24(27-26-22)30-16(3)20(15(2)28-30)14-17-10-12-18(31-4)13-11-17/h6-13H,5,14H2,1-4H3. The van der Waals surface area contributed by atoms with Crippen LogP contribution in [-0.4, -0.2) is 36.6 Å². The summed E-state index contributed by atoms with van der Waals surface area (Å²) in [6.45, 7) is 7.01. The molecule has 0 N–H and O–H groups in total. The summed E-state index contributed by atoms with van der Waals surface area (Å²) >= 11 is 0. The maximum absolute atomic E-state index is 5.26. The van der Waals surface area contributed by atoms with Crippen molar-refractivity contribution in [1.29, 1.82) is 0 Å². The highest BCUT2D eigenvalue weighted by Gasteiger charge is 2.18. The first-order valence-corrected chi connectivity index (χ1v) is 10.4. The Bertz CT molecular complexity index is 1400. The minimum Gasteiger partial charge on any atom is -0.497 e. The number of ether oxygens (including phenoxy) is 1. The Balaban J connectivity index is 1.58. The molecule has 0 spiro atoms. The van der Waals surface area contributed by atoms with E-state index in [0.29, 0.717) is 5.95 Å². The molecule has 0 aliphatic rings. The van der Waals surface area contributed by atoms with Gasteiger partial charge in [0.15, 0.2) is 5.65 Å². The second-order valence-electron chi connectivity index (χ2n) is 7.63. The number of hydrogen-bond acceptors (Lipinski definition) is 5. The third-order valence-electron chi connectivity index (χ3n) is 5.85. The van der Waals surface area contributed by atoms with E-state index in [2.05, 4.69) is 52.9 Å². The number of fused-ring (bicyclic) bond motifs is 3. The molecule has 3 heterocycles. The predicted molar refractivity (Wildman–Crippen MR) is 121 cm³/mol. The number of aromatic nitrogens is 6. The zero-order chi connectivity index (χ0) is 21.5. The van der Waals surface area contributed by atoms with E-state index < -0.39 is 0 Å². The average Bonchev–Trinajstić information content (AvgIpc) is 3.27. The van der Waals surface area contributed by atoms with Crippen LogP contribution in [0.1, 0.15) is 29.4 Å². The molecular weight excluding hydrogens is 388 g/mol. The quantitative estimate of drug-likeness (QED) is 0.428. The topological polar surface area (TPSA) is 70.7 Å². The van der Waals surface area contributed by atoms with Gasteiger partial charge in [0.05, 0.1) is 18.3 Å². The second kappa shape index (κ2) is 7.50. The first kappa shape index (κ1) is 19.2. The van der Waals surface area contributed by atoms with Gasteiger partial charge in [0, 0.05) is 29.6 Å². The summed E-state index contributed by atoms with van der Waals surface area (Å²) in [5, 5.41) is 14.8. The molecule has 0 radical (unpaired) electrons. The number of nitrogens with zero attached hydrogens (tertiary/aromatic N) is 6. The zero-order valence-corrected chi connectivity index (χ0v) is 18.1. The van der Waals surface area contributed by atoms with Gasteiger partial charge in [-0.05, 0) is 44.5 Å². The lowest BCUT2D eigenvalue weighted by Crippen LogP contribution is -2.08.